The van der Waals surface area contributed by atoms with E-state index in [4.69, 9.17) is 27.3 Å². The van der Waals surface area contributed by atoms with Crippen LogP contribution in [0.25, 0.3) is 0 Å². The smallest absolute Gasteiger partial charge is 0.119 e. The molecule has 0 aliphatic rings. The summed E-state index contributed by atoms with van der Waals surface area (Å²) in [5.41, 5.74) is 7.18. The number of ether oxygens (including phenoxy) is 1. The summed E-state index contributed by atoms with van der Waals surface area (Å²) < 4.78 is 5.59. The molecule has 0 spiro atoms. The van der Waals surface area contributed by atoms with Gasteiger partial charge in [0.25, 0.3) is 0 Å². The van der Waals surface area contributed by atoms with Gasteiger partial charge >= 0.3 is 0 Å². The lowest BCUT2D eigenvalue weighted by molar-refractivity contribution is 0.344. The summed E-state index contributed by atoms with van der Waals surface area (Å²) >= 11 is 7.47. The van der Waals surface area contributed by atoms with E-state index in [1.165, 1.54) is 0 Å². The molecule has 0 atom stereocenters. The molecule has 0 aromatic heterocycles. The van der Waals surface area contributed by atoms with Crippen molar-refractivity contribution in [2.45, 2.75) is 4.90 Å². The molecular formula is C15H13ClN2OS. The number of hydrogen-bond donors (Lipinski definition) is 1. The fraction of sp³-hybridized carbons (Fsp3) is 0.133. The first-order valence-corrected chi connectivity index (χ1v) is 7.36. The number of rotatable bonds is 5. The maximum atomic E-state index is 8.70. The average molecular weight is 305 g/mol. The Bertz CT molecular complexity index is 623. The highest BCUT2D eigenvalue weighted by Gasteiger charge is 2.01. The fourth-order valence-electron chi connectivity index (χ4n) is 1.59. The molecule has 0 heterocycles. The van der Waals surface area contributed by atoms with Crippen LogP contribution in [0.3, 0.4) is 0 Å². The number of benzene rings is 2. The van der Waals surface area contributed by atoms with Crippen LogP contribution in [0.5, 0.6) is 5.75 Å². The summed E-state index contributed by atoms with van der Waals surface area (Å²) in [6, 6.07) is 14.6. The summed E-state index contributed by atoms with van der Waals surface area (Å²) in [7, 11) is 0. The molecule has 0 aliphatic heterocycles. The Labute approximate surface area is 127 Å². The number of hydrogen-bond acceptors (Lipinski definition) is 4. The van der Waals surface area contributed by atoms with Crippen LogP contribution in [-0.4, -0.2) is 12.4 Å². The third kappa shape index (κ3) is 4.09. The highest BCUT2D eigenvalue weighted by Crippen LogP contribution is 2.27. The lowest BCUT2D eigenvalue weighted by Gasteiger charge is -2.07. The van der Waals surface area contributed by atoms with Crippen molar-refractivity contribution in [3.63, 3.8) is 0 Å². The molecule has 0 radical (unpaired) electrons. The normalized spacial score (nSPS) is 10.0. The topological polar surface area (TPSA) is 59.0 Å². The van der Waals surface area contributed by atoms with Crippen LogP contribution < -0.4 is 10.5 Å². The number of nitrogens with two attached hydrogens (primary N) is 1. The van der Waals surface area contributed by atoms with E-state index < -0.39 is 0 Å². The molecule has 2 rings (SSSR count). The van der Waals surface area contributed by atoms with Crippen molar-refractivity contribution in [1.82, 2.24) is 0 Å². The number of nitrogens with zero attached hydrogens (tertiary/aromatic N) is 1. The minimum atomic E-state index is 0.568. The first-order valence-electron chi connectivity index (χ1n) is 6.00. The Balaban J connectivity index is 1.80. The third-order valence-corrected chi connectivity index (χ3v) is 3.85. The highest BCUT2D eigenvalue weighted by molar-refractivity contribution is 7.99. The second-order valence-electron chi connectivity index (χ2n) is 4.02. The number of thioether (sulfide) groups is 1. The fourth-order valence-corrected chi connectivity index (χ4v) is 2.54. The molecule has 102 valence electrons. The largest absolute Gasteiger partial charge is 0.493 e. The van der Waals surface area contributed by atoms with Crippen molar-refractivity contribution in [3.05, 3.63) is 53.1 Å². The molecule has 0 aliphatic carbocycles. The highest BCUT2D eigenvalue weighted by atomic mass is 35.5. The van der Waals surface area contributed by atoms with Gasteiger partial charge in [-0.15, -0.1) is 11.8 Å². The standard InChI is InChI=1S/C15H13ClN2OS/c16-12-3-6-15(14(18)9-12)20-8-7-19-13-4-1-11(10-17)2-5-13/h1-6,9H,7-8,18H2. The SMILES string of the molecule is N#Cc1ccc(OCCSc2ccc(Cl)cc2N)cc1. The summed E-state index contributed by atoms with van der Waals surface area (Å²) in [5.74, 6) is 1.54. The predicted octanol–water partition coefficient (Wildman–Crippen LogP) is 3.96. The molecule has 2 aromatic rings. The van der Waals surface area contributed by atoms with Crippen molar-refractivity contribution in [3.8, 4) is 11.8 Å². The van der Waals surface area contributed by atoms with Gasteiger partial charge in [-0.3, -0.25) is 0 Å². The van der Waals surface area contributed by atoms with Crippen LogP contribution in [0.2, 0.25) is 5.02 Å². The van der Waals surface area contributed by atoms with Gasteiger partial charge in [-0.25, -0.2) is 0 Å². The van der Waals surface area contributed by atoms with Crippen molar-refractivity contribution in [2.24, 2.45) is 0 Å². The van der Waals surface area contributed by atoms with Crippen LogP contribution in [0.4, 0.5) is 5.69 Å². The number of halogens is 1. The first-order chi connectivity index (χ1) is 9.69. The number of nitriles is 1. The van der Waals surface area contributed by atoms with E-state index in [0.717, 1.165) is 16.4 Å². The zero-order chi connectivity index (χ0) is 14.4. The minimum Gasteiger partial charge on any atom is -0.493 e. The van der Waals surface area contributed by atoms with Crippen LogP contribution >= 0.6 is 23.4 Å². The van der Waals surface area contributed by atoms with Crippen LogP contribution in [0.1, 0.15) is 5.56 Å². The molecule has 0 unspecified atom stereocenters. The molecule has 0 fully saturated rings. The van der Waals surface area contributed by atoms with Gasteiger partial charge in [0.15, 0.2) is 0 Å². The Morgan fingerprint density at radius 3 is 2.60 bits per heavy atom. The van der Waals surface area contributed by atoms with Gasteiger partial charge in [-0.1, -0.05) is 11.6 Å². The van der Waals surface area contributed by atoms with Gasteiger partial charge in [0, 0.05) is 21.4 Å². The summed E-state index contributed by atoms with van der Waals surface area (Å²) in [5, 5.41) is 9.34. The number of anilines is 1. The first kappa shape index (κ1) is 14.6. The second-order valence-corrected chi connectivity index (χ2v) is 5.59. The van der Waals surface area contributed by atoms with Gasteiger partial charge < -0.3 is 10.5 Å². The quantitative estimate of drug-likeness (QED) is 0.516. The van der Waals surface area contributed by atoms with Crippen LogP contribution in [-0.2, 0) is 0 Å². The predicted molar refractivity (Wildman–Crippen MR) is 83.2 cm³/mol. The van der Waals surface area contributed by atoms with Crippen molar-refractivity contribution < 1.29 is 4.74 Å². The van der Waals surface area contributed by atoms with Crippen LogP contribution in [0.15, 0.2) is 47.4 Å². The molecule has 0 bridgehead atoms. The van der Waals surface area contributed by atoms with Gasteiger partial charge in [0.2, 0.25) is 0 Å². The van der Waals surface area contributed by atoms with E-state index in [2.05, 4.69) is 6.07 Å². The molecule has 3 nitrogen and oxygen atoms in total. The zero-order valence-corrected chi connectivity index (χ0v) is 12.2. The molecule has 5 heteroatoms. The zero-order valence-electron chi connectivity index (χ0n) is 10.7. The van der Waals surface area contributed by atoms with E-state index in [0.29, 0.717) is 22.9 Å². The molecule has 2 N–H and O–H groups in total. The van der Waals surface area contributed by atoms with E-state index in [1.807, 2.05) is 12.1 Å². The maximum Gasteiger partial charge on any atom is 0.119 e. The molecule has 0 saturated carbocycles. The molecule has 0 amide bonds. The molecule has 0 saturated heterocycles. The van der Waals surface area contributed by atoms with Gasteiger partial charge in [0.05, 0.1) is 18.2 Å². The van der Waals surface area contributed by atoms with Crippen LogP contribution in [0, 0.1) is 11.3 Å². The monoisotopic (exact) mass is 304 g/mol. The molecule has 2 aromatic carbocycles. The van der Waals surface area contributed by atoms with Crippen molar-refractivity contribution >= 4 is 29.1 Å². The molecular weight excluding hydrogens is 292 g/mol. The summed E-state index contributed by atoms with van der Waals surface area (Å²) in [6.07, 6.45) is 0. The Hall–Kier alpha value is -1.83. The van der Waals surface area contributed by atoms with Crippen molar-refractivity contribution in [1.29, 1.82) is 5.26 Å². The number of nitrogen functional groups attached to an aromatic ring is 1. The van der Waals surface area contributed by atoms with Gasteiger partial charge in [-0.2, -0.15) is 5.26 Å². The average Bonchev–Trinajstić information content (AvgIpc) is 2.46. The Morgan fingerprint density at radius 2 is 1.95 bits per heavy atom. The van der Waals surface area contributed by atoms with E-state index in [9.17, 15) is 0 Å². The minimum absolute atomic E-state index is 0.568. The molecule has 20 heavy (non-hydrogen) atoms. The van der Waals surface area contributed by atoms with E-state index in [-0.39, 0.29) is 0 Å². The third-order valence-electron chi connectivity index (χ3n) is 2.56. The van der Waals surface area contributed by atoms with E-state index >= 15 is 0 Å². The summed E-state index contributed by atoms with van der Waals surface area (Å²) in [6.45, 7) is 0.568. The van der Waals surface area contributed by atoms with Gasteiger partial charge in [-0.05, 0) is 42.5 Å². The van der Waals surface area contributed by atoms with Crippen molar-refractivity contribution in [2.75, 3.05) is 18.1 Å². The summed E-state index contributed by atoms with van der Waals surface area (Å²) in [4.78, 5) is 0.998. The Kier molecular flexibility index (Phi) is 5.16. The lowest BCUT2D eigenvalue weighted by Crippen LogP contribution is -2.00. The maximum absolute atomic E-state index is 8.70. The van der Waals surface area contributed by atoms with E-state index in [1.54, 1.807) is 42.1 Å². The van der Waals surface area contributed by atoms with Gasteiger partial charge in [0.1, 0.15) is 5.75 Å². The Morgan fingerprint density at radius 1 is 1.20 bits per heavy atom. The lowest BCUT2D eigenvalue weighted by atomic mass is 10.2. The second kappa shape index (κ2) is 7.09.